The summed E-state index contributed by atoms with van der Waals surface area (Å²) in [6.07, 6.45) is 20.4. The van der Waals surface area contributed by atoms with Crippen LogP contribution in [-0.2, 0) is 9.53 Å². The van der Waals surface area contributed by atoms with Gasteiger partial charge in [0.1, 0.15) is 6.10 Å². The Hall–Kier alpha value is -0.530. The lowest BCUT2D eigenvalue weighted by Gasteiger charge is -2.26. The van der Waals surface area contributed by atoms with Crippen molar-refractivity contribution in [3.05, 3.63) is 0 Å². The molecule has 1 unspecified atom stereocenters. The summed E-state index contributed by atoms with van der Waals surface area (Å²) in [5.41, 5.74) is 0. The number of rotatable bonds is 15. The van der Waals surface area contributed by atoms with Gasteiger partial charge in [-0.15, -0.1) is 0 Å². The van der Waals surface area contributed by atoms with Crippen LogP contribution < -0.4 is 0 Å². The Morgan fingerprint density at radius 3 is 1.87 bits per heavy atom. The first-order valence-electron chi connectivity index (χ1n) is 10.5. The minimum Gasteiger partial charge on any atom is -0.462 e. The highest BCUT2D eigenvalue weighted by atomic mass is 16.5. The van der Waals surface area contributed by atoms with Crippen LogP contribution in [0.15, 0.2) is 0 Å². The Kier molecular flexibility index (Phi) is 12.4. The number of hydrogen-bond acceptors (Lipinski definition) is 2. The minimum atomic E-state index is 0.0850. The van der Waals surface area contributed by atoms with Crippen LogP contribution in [0.25, 0.3) is 0 Å². The Balaban J connectivity index is 1.96. The van der Waals surface area contributed by atoms with Crippen molar-refractivity contribution >= 4 is 5.97 Å². The molecule has 0 spiro atoms. The Morgan fingerprint density at radius 2 is 1.39 bits per heavy atom. The maximum absolute atomic E-state index is 12.0. The zero-order valence-corrected chi connectivity index (χ0v) is 15.8. The van der Waals surface area contributed by atoms with Crippen molar-refractivity contribution in [2.24, 2.45) is 5.92 Å². The van der Waals surface area contributed by atoms with Gasteiger partial charge in [-0.2, -0.15) is 0 Å². The van der Waals surface area contributed by atoms with Crippen LogP contribution in [0, 0.1) is 5.92 Å². The van der Waals surface area contributed by atoms with Crippen LogP contribution in [0.4, 0.5) is 0 Å². The monoisotopic (exact) mass is 324 g/mol. The molecule has 0 aromatic carbocycles. The van der Waals surface area contributed by atoms with E-state index in [1.54, 1.807) is 0 Å². The Morgan fingerprint density at radius 1 is 0.826 bits per heavy atom. The van der Waals surface area contributed by atoms with Gasteiger partial charge in [0.05, 0.1) is 5.92 Å². The first-order valence-corrected chi connectivity index (χ1v) is 10.5. The van der Waals surface area contributed by atoms with Gasteiger partial charge in [-0.3, -0.25) is 4.79 Å². The lowest BCUT2D eigenvalue weighted by molar-refractivity contribution is -0.157. The summed E-state index contributed by atoms with van der Waals surface area (Å²) >= 11 is 0. The van der Waals surface area contributed by atoms with Gasteiger partial charge in [-0.25, -0.2) is 0 Å². The van der Waals surface area contributed by atoms with E-state index in [4.69, 9.17) is 4.74 Å². The summed E-state index contributed by atoms with van der Waals surface area (Å²) in [4.78, 5) is 12.0. The largest absolute Gasteiger partial charge is 0.462 e. The van der Waals surface area contributed by atoms with E-state index in [1.807, 2.05) is 0 Å². The van der Waals surface area contributed by atoms with Gasteiger partial charge in [0.25, 0.3) is 0 Å². The fourth-order valence-corrected chi connectivity index (χ4v) is 3.35. The summed E-state index contributed by atoms with van der Waals surface area (Å²) in [7, 11) is 0. The van der Waals surface area contributed by atoms with Crippen LogP contribution in [0.5, 0.6) is 0 Å². The molecule has 0 amide bonds. The van der Waals surface area contributed by atoms with Crippen LogP contribution in [-0.4, -0.2) is 12.1 Å². The zero-order valence-electron chi connectivity index (χ0n) is 15.8. The molecular weight excluding hydrogens is 284 g/mol. The van der Waals surface area contributed by atoms with E-state index in [-0.39, 0.29) is 18.0 Å². The van der Waals surface area contributed by atoms with Crippen molar-refractivity contribution in [3.63, 3.8) is 0 Å². The average Bonchev–Trinajstić information content (AvgIpc) is 2.47. The molecule has 1 atom stereocenters. The van der Waals surface area contributed by atoms with Crippen LogP contribution in [0.2, 0.25) is 0 Å². The first-order chi connectivity index (χ1) is 11.3. The number of unbranched alkanes of at least 4 members (excludes halogenated alkanes) is 9. The molecule has 0 aromatic rings. The fourth-order valence-electron chi connectivity index (χ4n) is 3.35. The van der Waals surface area contributed by atoms with Crippen LogP contribution >= 0.6 is 0 Å². The molecule has 2 nitrogen and oxygen atoms in total. The lowest BCUT2D eigenvalue weighted by atomic mass is 9.85. The Bertz CT molecular complexity index is 284. The number of carbonyl (C=O) groups excluding carboxylic acids is 1. The highest BCUT2D eigenvalue weighted by Crippen LogP contribution is 2.28. The molecule has 0 aliphatic heterocycles. The molecule has 1 aliphatic carbocycles. The van der Waals surface area contributed by atoms with Gasteiger partial charge in [0, 0.05) is 0 Å². The lowest BCUT2D eigenvalue weighted by Crippen LogP contribution is -2.28. The van der Waals surface area contributed by atoms with E-state index >= 15 is 0 Å². The van der Waals surface area contributed by atoms with Crippen molar-refractivity contribution in [2.75, 3.05) is 0 Å². The second-order valence-electron chi connectivity index (χ2n) is 7.45. The summed E-state index contributed by atoms with van der Waals surface area (Å²) in [6, 6.07) is 0. The summed E-state index contributed by atoms with van der Waals surface area (Å²) < 4.78 is 5.74. The van der Waals surface area contributed by atoms with Crippen molar-refractivity contribution in [1.82, 2.24) is 0 Å². The molecular formula is C21H40O2. The highest BCUT2D eigenvalue weighted by molar-refractivity contribution is 5.73. The molecule has 2 heteroatoms. The first kappa shape index (κ1) is 20.5. The quantitative estimate of drug-likeness (QED) is 0.244. The zero-order chi connectivity index (χ0) is 16.8. The van der Waals surface area contributed by atoms with Gasteiger partial charge in [-0.05, 0) is 32.1 Å². The van der Waals surface area contributed by atoms with Gasteiger partial charge in [0.15, 0.2) is 0 Å². The molecule has 1 saturated carbocycles. The number of esters is 1. The third-order valence-electron chi connectivity index (χ3n) is 5.21. The van der Waals surface area contributed by atoms with E-state index in [0.717, 1.165) is 32.1 Å². The number of hydrogen-bond donors (Lipinski definition) is 0. The van der Waals surface area contributed by atoms with Crippen molar-refractivity contribution in [3.8, 4) is 0 Å². The van der Waals surface area contributed by atoms with E-state index in [0.29, 0.717) is 0 Å². The van der Waals surface area contributed by atoms with Crippen molar-refractivity contribution < 1.29 is 9.53 Å². The molecule has 1 fully saturated rings. The summed E-state index contributed by atoms with van der Waals surface area (Å²) in [6.45, 7) is 4.46. The van der Waals surface area contributed by atoms with Crippen LogP contribution in [0.1, 0.15) is 117 Å². The van der Waals surface area contributed by atoms with Gasteiger partial charge >= 0.3 is 5.97 Å². The van der Waals surface area contributed by atoms with Gasteiger partial charge < -0.3 is 4.74 Å². The minimum absolute atomic E-state index is 0.0850. The van der Waals surface area contributed by atoms with E-state index < -0.39 is 0 Å². The van der Waals surface area contributed by atoms with Crippen molar-refractivity contribution in [2.45, 2.75) is 123 Å². The summed E-state index contributed by atoms with van der Waals surface area (Å²) in [5, 5.41) is 0. The number of ether oxygens (including phenoxy) is 1. The third kappa shape index (κ3) is 10.0. The molecule has 0 N–H and O–H groups in total. The average molecular weight is 325 g/mol. The fraction of sp³-hybridized carbons (Fsp3) is 0.952. The van der Waals surface area contributed by atoms with Gasteiger partial charge in [-0.1, -0.05) is 84.5 Å². The normalized spacial score (nSPS) is 16.1. The molecule has 0 heterocycles. The van der Waals surface area contributed by atoms with Gasteiger partial charge in [0.2, 0.25) is 0 Å². The summed E-state index contributed by atoms with van der Waals surface area (Å²) in [5.74, 6) is 0.309. The van der Waals surface area contributed by atoms with E-state index in [2.05, 4.69) is 13.8 Å². The standard InChI is InChI=1S/C21H40O2/c1-3-5-6-7-8-9-10-11-12-13-18-20(15-4-2)23-21(22)19-16-14-17-19/h19-20H,3-18H2,1-2H3. The molecule has 0 saturated heterocycles. The number of carbonyl (C=O) groups is 1. The predicted octanol–water partition coefficient (Wildman–Crippen LogP) is 6.81. The molecule has 0 bridgehead atoms. The van der Waals surface area contributed by atoms with E-state index in [1.165, 1.54) is 70.6 Å². The molecule has 0 aromatic heterocycles. The molecule has 23 heavy (non-hydrogen) atoms. The second-order valence-corrected chi connectivity index (χ2v) is 7.45. The van der Waals surface area contributed by atoms with Crippen LogP contribution in [0.3, 0.4) is 0 Å². The SMILES string of the molecule is CCCCCCCCCCCCC(CCC)OC(=O)C1CCC1. The van der Waals surface area contributed by atoms with E-state index in [9.17, 15) is 4.79 Å². The Labute approximate surface area is 144 Å². The maximum Gasteiger partial charge on any atom is 0.309 e. The predicted molar refractivity (Wildman–Crippen MR) is 98.6 cm³/mol. The van der Waals surface area contributed by atoms with Crippen molar-refractivity contribution in [1.29, 1.82) is 0 Å². The highest BCUT2D eigenvalue weighted by Gasteiger charge is 2.28. The smallest absolute Gasteiger partial charge is 0.309 e. The molecule has 136 valence electrons. The molecule has 0 radical (unpaired) electrons. The molecule has 1 rings (SSSR count). The maximum atomic E-state index is 12.0. The topological polar surface area (TPSA) is 26.3 Å². The molecule has 1 aliphatic rings. The second kappa shape index (κ2) is 13.9. The third-order valence-corrected chi connectivity index (χ3v) is 5.21.